The molecule has 7 nitrogen and oxygen atoms in total. The van der Waals surface area contributed by atoms with Crippen LogP contribution in [0.15, 0.2) is 34.8 Å². The summed E-state index contributed by atoms with van der Waals surface area (Å²) in [4.78, 5) is 5.47. The average molecular weight is 529 g/mol. The molecule has 5 rings (SSSR count). The molecule has 1 saturated heterocycles. The highest BCUT2D eigenvalue weighted by Gasteiger charge is 2.61. The first-order valence-electron chi connectivity index (χ1n) is 11.0. The summed E-state index contributed by atoms with van der Waals surface area (Å²) in [7, 11) is 0. The highest BCUT2D eigenvalue weighted by Crippen LogP contribution is 2.47. The van der Waals surface area contributed by atoms with Gasteiger partial charge in [0.15, 0.2) is 5.69 Å². The first-order chi connectivity index (χ1) is 17.3. The predicted octanol–water partition coefficient (Wildman–Crippen LogP) is 5.06. The number of benzene rings is 1. The molecule has 0 saturated carbocycles. The summed E-state index contributed by atoms with van der Waals surface area (Å²) in [6.45, 7) is 0.238. The van der Waals surface area contributed by atoms with Crippen LogP contribution in [0.2, 0.25) is 0 Å². The van der Waals surface area contributed by atoms with Crippen LogP contribution in [0, 0.1) is 5.82 Å². The zero-order valence-electron chi connectivity index (χ0n) is 18.7. The molecule has 1 fully saturated rings. The third-order valence-electron chi connectivity index (χ3n) is 6.43. The van der Waals surface area contributed by atoms with Crippen LogP contribution in [-0.2, 0) is 11.8 Å². The molecule has 2 aromatic heterocycles. The third-order valence-corrected chi connectivity index (χ3v) is 6.43. The molecule has 3 N–H and O–H groups in total. The van der Waals surface area contributed by atoms with Gasteiger partial charge in [0.2, 0.25) is 0 Å². The minimum atomic E-state index is -5.53. The molecule has 4 heterocycles. The molecule has 14 heteroatoms. The van der Waals surface area contributed by atoms with E-state index in [0.717, 1.165) is 12.1 Å². The van der Waals surface area contributed by atoms with E-state index in [4.69, 9.17) is 10.2 Å². The molecule has 0 spiro atoms. The molecule has 0 radical (unpaired) electrons. The minimum Gasteiger partial charge on any atom is -0.415 e. The van der Waals surface area contributed by atoms with Gasteiger partial charge in [-0.3, -0.25) is 0 Å². The number of hydrogen-bond donors (Lipinski definition) is 2. The minimum absolute atomic E-state index is 0.108. The highest BCUT2D eigenvalue weighted by atomic mass is 19.4. The summed E-state index contributed by atoms with van der Waals surface area (Å²) in [5.41, 5.74) is -1.58. The Balaban J connectivity index is 1.80. The molecular weight excluding hydrogens is 511 g/mol. The Hall–Kier alpha value is -3.68. The maximum absolute atomic E-state index is 14.7. The fourth-order valence-electron chi connectivity index (χ4n) is 4.62. The summed E-state index contributed by atoms with van der Waals surface area (Å²) >= 11 is 0. The number of anilines is 2. The molecule has 2 atom stereocenters. The van der Waals surface area contributed by atoms with E-state index in [0.29, 0.717) is 18.9 Å². The van der Waals surface area contributed by atoms with Gasteiger partial charge in [0.05, 0.1) is 5.69 Å². The van der Waals surface area contributed by atoms with E-state index in [2.05, 4.69) is 15.2 Å². The Morgan fingerprint density at radius 1 is 1.11 bits per heavy atom. The Kier molecular flexibility index (Phi) is 5.69. The van der Waals surface area contributed by atoms with E-state index >= 15 is 0 Å². The normalized spacial score (nSPS) is 22.8. The number of nitrogen functional groups attached to an aromatic ring is 1. The van der Waals surface area contributed by atoms with Crippen LogP contribution in [0.1, 0.15) is 41.8 Å². The average Bonchev–Trinajstić information content (AvgIpc) is 3.48. The van der Waals surface area contributed by atoms with Crippen molar-refractivity contribution in [2.75, 3.05) is 17.2 Å². The Labute approximate surface area is 204 Å². The quantitative estimate of drug-likeness (QED) is 0.393. The maximum Gasteiger partial charge on any atom is 0.430 e. The number of hydrogen-bond acceptors (Lipinski definition) is 7. The summed E-state index contributed by atoms with van der Waals surface area (Å²) in [5.74, 6) is -4.10. The standard InChI is InChI=1S/C23H18F7N5O2/c24-15-7-6-11-3-1-4-12-5-2-8-35(12)18-14(22(25,26)27)10-16(31)17(32-18)19-33-34-20(37-19)21(36,13(15)9-11)23(28,29)30/h1,3,6-7,9-10,12,36H,2,4-5,8,31H2/b3-1-/t12-,21-/m1/s1. The van der Waals surface area contributed by atoms with Crippen molar-refractivity contribution in [3.63, 3.8) is 0 Å². The fraction of sp³-hybridized carbons (Fsp3) is 0.348. The molecule has 6 bridgehead atoms. The van der Waals surface area contributed by atoms with Gasteiger partial charge in [-0.05, 0) is 43.0 Å². The van der Waals surface area contributed by atoms with Crippen molar-refractivity contribution in [1.29, 1.82) is 0 Å². The largest absolute Gasteiger partial charge is 0.430 e. The van der Waals surface area contributed by atoms with E-state index in [1.807, 2.05) is 0 Å². The molecule has 37 heavy (non-hydrogen) atoms. The topological polar surface area (TPSA) is 101 Å². The Bertz CT molecular complexity index is 1380. The summed E-state index contributed by atoms with van der Waals surface area (Å²) in [5, 5.41) is 17.5. The van der Waals surface area contributed by atoms with Gasteiger partial charge < -0.3 is 20.2 Å². The van der Waals surface area contributed by atoms with Gasteiger partial charge >= 0.3 is 12.4 Å². The van der Waals surface area contributed by atoms with Crippen LogP contribution in [-0.4, -0.2) is 39.1 Å². The Morgan fingerprint density at radius 3 is 2.57 bits per heavy atom. The van der Waals surface area contributed by atoms with Gasteiger partial charge in [0.25, 0.3) is 17.4 Å². The molecule has 2 aliphatic heterocycles. The van der Waals surface area contributed by atoms with E-state index in [1.165, 1.54) is 17.0 Å². The van der Waals surface area contributed by atoms with Crippen molar-refractivity contribution >= 4 is 17.6 Å². The van der Waals surface area contributed by atoms with Crippen LogP contribution in [0.4, 0.5) is 42.2 Å². The zero-order chi connectivity index (χ0) is 26.8. The van der Waals surface area contributed by atoms with Crippen LogP contribution in [0.3, 0.4) is 0 Å². The number of halogens is 7. The van der Waals surface area contributed by atoms with Gasteiger partial charge in [0, 0.05) is 18.2 Å². The van der Waals surface area contributed by atoms with Gasteiger partial charge in [0.1, 0.15) is 17.2 Å². The van der Waals surface area contributed by atoms with Crippen molar-refractivity contribution in [1.82, 2.24) is 15.2 Å². The van der Waals surface area contributed by atoms with Crippen molar-refractivity contribution < 1.29 is 40.3 Å². The third kappa shape index (κ3) is 4.08. The number of aliphatic hydroxyl groups is 1. The lowest BCUT2D eigenvalue weighted by atomic mass is 9.90. The second-order valence-electron chi connectivity index (χ2n) is 8.78. The number of rotatable bonds is 0. The van der Waals surface area contributed by atoms with Crippen LogP contribution in [0.25, 0.3) is 17.7 Å². The van der Waals surface area contributed by atoms with Gasteiger partial charge in [-0.15, -0.1) is 10.2 Å². The summed E-state index contributed by atoms with van der Waals surface area (Å²) in [6.07, 6.45) is -6.10. The van der Waals surface area contributed by atoms with Gasteiger partial charge in [-0.25, -0.2) is 9.37 Å². The van der Waals surface area contributed by atoms with Crippen LogP contribution in [0.5, 0.6) is 0 Å². The smallest absolute Gasteiger partial charge is 0.415 e. The van der Waals surface area contributed by atoms with Crippen molar-refractivity contribution in [3.05, 3.63) is 58.7 Å². The number of nitrogens with two attached hydrogens (primary N) is 1. The van der Waals surface area contributed by atoms with E-state index in [1.54, 1.807) is 6.08 Å². The molecular formula is C23H18F7N5O2. The number of pyridine rings is 1. The summed E-state index contributed by atoms with van der Waals surface area (Å²) in [6, 6.07) is 2.92. The molecule has 0 aliphatic carbocycles. The second kappa shape index (κ2) is 8.43. The first kappa shape index (κ1) is 25.0. The lowest BCUT2D eigenvalue weighted by Crippen LogP contribution is -2.44. The van der Waals surface area contributed by atoms with Crippen molar-refractivity contribution in [2.24, 2.45) is 0 Å². The number of aromatic nitrogens is 3. The number of nitrogens with zero attached hydrogens (tertiary/aromatic N) is 4. The lowest BCUT2D eigenvalue weighted by molar-refractivity contribution is -0.256. The molecule has 2 aliphatic rings. The lowest BCUT2D eigenvalue weighted by Gasteiger charge is -2.28. The second-order valence-corrected chi connectivity index (χ2v) is 8.78. The zero-order valence-corrected chi connectivity index (χ0v) is 18.7. The highest BCUT2D eigenvalue weighted by molar-refractivity contribution is 5.72. The van der Waals surface area contributed by atoms with Gasteiger partial charge in [-0.2, -0.15) is 26.3 Å². The predicted molar refractivity (Wildman–Crippen MR) is 116 cm³/mol. The number of fused-ring (bicyclic) bond motifs is 9. The van der Waals surface area contributed by atoms with E-state index < -0.39 is 69.9 Å². The SMILES string of the molecule is Nc1cc(C(F)(F)F)c2nc1-c1nnc(o1)[C@@](O)(C(F)(F)F)c1cc(ccc1F)/C=C\C[C@@H]1CCCN21. The van der Waals surface area contributed by atoms with Crippen molar-refractivity contribution in [2.45, 2.75) is 43.3 Å². The molecule has 0 amide bonds. The fourth-order valence-corrected chi connectivity index (χ4v) is 4.62. The molecule has 3 aromatic rings. The van der Waals surface area contributed by atoms with E-state index in [9.17, 15) is 35.8 Å². The van der Waals surface area contributed by atoms with Gasteiger partial charge in [-0.1, -0.05) is 18.2 Å². The summed E-state index contributed by atoms with van der Waals surface area (Å²) < 4.78 is 104. The number of alkyl halides is 6. The molecule has 196 valence electrons. The monoisotopic (exact) mass is 529 g/mol. The molecule has 1 aromatic carbocycles. The van der Waals surface area contributed by atoms with Crippen molar-refractivity contribution in [3.8, 4) is 11.6 Å². The Morgan fingerprint density at radius 2 is 1.86 bits per heavy atom. The van der Waals surface area contributed by atoms with Crippen LogP contribution >= 0.6 is 0 Å². The van der Waals surface area contributed by atoms with Crippen LogP contribution < -0.4 is 10.6 Å². The first-order valence-corrected chi connectivity index (χ1v) is 11.0. The maximum atomic E-state index is 14.7. The molecule has 0 unspecified atom stereocenters. The van der Waals surface area contributed by atoms with E-state index in [-0.39, 0.29) is 18.5 Å².